The molecule has 0 aliphatic carbocycles. The van der Waals surface area contributed by atoms with Crippen LogP contribution in [0.2, 0.25) is 5.02 Å². The van der Waals surface area contributed by atoms with Gasteiger partial charge in [0.2, 0.25) is 0 Å². The largest absolute Gasteiger partial charge is 0.360 e. The van der Waals surface area contributed by atoms with E-state index in [4.69, 9.17) is 11.6 Å². The van der Waals surface area contributed by atoms with Crippen molar-refractivity contribution in [1.29, 1.82) is 0 Å². The van der Waals surface area contributed by atoms with E-state index in [1.807, 2.05) is 49.4 Å². The number of rotatable bonds is 5. The molecule has 1 heterocycles. The monoisotopic (exact) mass is 372 g/mol. The standard InChI is InChI=1S/C21H26ClN3O/c1-16-8-9-19(22)14-20(16)25-12-10-24(11-13-25)17(2)21(26)23-15-18-6-4-3-5-7-18/h3-9,14,17H,10-13,15H2,1-2H3,(H,23,26)/p+1/t17-/m0/s1. The Kier molecular flexibility index (Phi) is 6.17. The van der Waals surface area contributed by atoms with Crippen LogP contribution in [0.15, 0.2) is 48.5 Å². The molecule has 1 fully saturated rings. The van der Waals surface area contributed by atoms with Crippen LogP contribution < -0.4 is 15.1 Å². The van der Waals surface area contributed by atoms with Gasteiger partial charge in [0, 0.05) is 17.3 Å². The summed E-state index contributed by atoms with van der Waals surface area (Å²) in [5.41, 5.74) is 3.58. The first-order valence-electron chi connectivity index (χ1n) is 9.22. The van der Waals surface area contributed by atoms with Crippen LogP contribution in [0.3, 0.4) is 0 Å². The Morgan fingerprint density at radius 3 is 2.58 bits per heavy atom. The van der Waals surface area contributed by atoms with E-state index >= 15 is 0 Å². The van der Waals surface area contributed by atoms with E-state index in [0.717, 1.165) is 36.8 Å². The van der Waals surface area contributed by atoms with Crippen LogP contribution in [0.1, 0.15) is 18.1 Å². The van der Waals surface area contributed by atoms with Gasteiger partial charge in [0.05, 0.1) is 26.2 Å². The number of nitrogens with one attached hydrogen (secondary N) is 2. The van der Waals surface area contributed by atoms with Crippen molar-refractivity contribution >= 4 is 23.2 Å². The van der Waals surface area contributed by atoms with Gasteiger partial charge >= 0.3 is 0 Å². The fourth-order valence-electron chi connectivity index (χ4n) is 3.51. The number of piperazine rings is 1. The number of amides is 1. The molecule has 1 atom stereocenters. The molecule has 1 aliphatic rings. The minimum Gasteiger partial charge on any atom is -0.360 e. The molecule has 2 aromatic carbocycles. The first-order valence-corrected chi connectivity index (χ1v) is 9.59. The SMILES string of the molecule is Cc1ccc(Cl)cc1N1CC[NH+]([C@@H](C)C(=O)NCc2ccccc2)CC1. The van der Waals surface area contributed by atoms with Gasteiger partial charge in [-0.1, -0.05) is 48.0 Å². The smallest absolute Gasteiger partial charge is 0.278 e. The van der Waals surface area contributed by atoms with Gasteiger partial charge in [0.15, 0.2) is 6.04 Å². The Morgan fingerprint density at radius 1 is 1.19 bits per heavy atom. The van der Waals surface area contributed by atoms with Gasteiger partial charge < -0.3 is 15.1 Å². The number of hydrogen-bond acceptors (Lipinski definition) is 2. The van der Waals surface area contributed by atoms with Crippen LogP contribution in [-0.4, -0.2) is 38.1 Å². The molecule has 1 aliphatic heterocycles. The summed E-state index contributed by atoms with van der Waals surface area (Å²) in [6.45, 7) is 8.50. The van der Waals surface area contributed by atoms with Crippen molar-refractivity contribution in [3.8, 4) is 0 Å². The van der Waals surface area contributed by atoms with Crippen LogP contribution >= 0.6 is 11.6 Å². The van der Waals surface area contributed by atoms with Gasteiger partial charge in [-0.05, 0) is 37.1 Å². The number of anilines is 1. The zero-order valence-electron chi connectivity index (χ0n) is 15.5. The van der Waals surface area contributed by atoms with Gasteiger partial charge in [-0.2, -0.15) is 0 Å². The van der Waals surface area contributed by atoms with Crippen molar-refractivity contribution in [2.45, 2.75) is 26.4 Å². The molecular weight excluding hydrogens is 346 g/mol. The number of hydrogen-bond donors (Lipinski definition) is 2. The van der Waals surface area contributed by atoms with E-state index in [1.165, 1.54) is 16.2 Å². The number of nitrogens with zero attached hydrogens (tertiary/aromatic N) is 1. The predicted molar refractivity (Wildman–Crippen MR) is 107 cm³/mol. The lowest BCUT2D eigenvalue weighted by Gasteiger charge is -2.36. The van der Waals surface area contributed by atoms with Crippen molar-refractivity contribution in [3.63, 3.8) is 0 Å². The number of carbonyl (C=O) groups excluding carboxylic acids is 1. The third-order valence-electron chi connectivity index (χ3n) is 5.23. The fraction of sp³-hybridized carbons (Fsp3) is 0.381. The van der Waals surface area contributed by atoms with Crippen LogP contribution in [0.25, 0.3) is 0 Å². The molecular formula is C21H27ClN3O+. The lowest BCUT2D eigenvalue weighted by atomic mass is 10.1. The number of halogens is 1. The third kappa shape index (κ3) is 4.57. The molecule has 0 spiro atoms. The van der Waals surface area contributed by atoms with Crippen LogP contribution in [0.4, 0.5) is 5.69 Å². The van der Waals surface area contributed by atoms with Crippen molar-refractivity contribution in [3.05, 3.63) is 64.7 Å². The highest BCUT2D eigenvalue weighted by atomic mass is 35.5. The van der Waals surface area contributed by atoms with Gasteiger partial charge in [0.25, 0.3) is 5.91 Å². The number of quaternary nitrogens is 1. The molecule has 1 saturated heterocycles. The summed E-state index contributed by atoms with van der Waals surface area (Å²) in [6, 6.07) is 16.0. The topological polar surface area (TPSA) is 36.8 Å². The second-order valence-corrected chi connectivity index (χ2v) is 7.44. The van der Waals surface area contributed by atoms with E-state index in [0.29, 0.717) is 6.54 Å². The molecule has 4 nitrogen and oxygen atoms in total. The van der Waals surface area contributed by atoms with Crippen LogP contribution in [0, 0.1) is 6.92 Å². The molecule has 138 valence electrons. The van der Waals surface area contributed by atoms with Gasteiger partial charge in [-0.25, -0.2) is 0 Å². The summed E-state index contributed by atoms with van der Waals surface area (Å²) < 4.78 is 0. The molecule has 1 amide bonds. The normalized spacial score (nSPS) is 16.3. The molecule has 26 heavy (non-hydrogen) atoms. The summed E-state index contributed by atoms with van der Waals surface area (Å²) in [5.74, 6) is 0.122. The molecule has 0 bridgehead atoms. The van der Waals surface area contributed by atoms with E-state index in [2.05, 4.69) is 23.2 Å². The lowest BCUT2D eigenvalue weighted by Crippen LogP contribution is -3.19. The molecule has 0 radical (unpaired) electrons. The van der Waals surface area contributed by atoms with Crippen molar-refractivity contribution in [2.75, 3.05) is 31.1 Å². The summed E-state index contributed by atoms with van der Waals surface area (Å²) in [7, 11) is 0. The van der Waals surface area contributed by atoms with Crippen molar-refractivity contribution in [1.82, 2.24) is 5.32 Å². The first-order chi connectivity index (χ1) is 12.5. The number of benzene rings is 2. The Hall–Kier alpha value is -2.04. The van der Waals surface area contributed by atoms with Crippen LogP contribution in [0.5, 0.6) is 0 Å². The Balaban J connectivity index is 1.52. The molecule has 2 aromatic rings. The predicted octanol–water partition coefficient (Wildman–Crippen LogP) is 2.06. The minimum atomic E-state index is -0.0404. The number of carbonyl (C=O) groups is 1. The second kappa shape index (κ2) is 8.56. The maximum Gasteiger partial charge on any atom is 0.278 e. The van der Waals surface area contributed by atoms with Gasteiger partial charge in [-0.15, -0.1) is 0 Å². The van der Waals surface area contributed by atoms with Crippen molar-refractivity contribution in [2.24, 2.45) is 0 Å². The summed E-state index contributed by atoms with van der Waals surface area (Å²) in [5, 5.41) is 3.84. The Bertz CT molecular complexity index is 742. The van der Waals surface area contributed by atoms with Gasteiger partial charge in [0.1, 0.15) is 0 Å². The average Bonchev–Trinajstić information content (AvgIpc) is 2.68. The third-order valence-corrected chi connectivity index (χ3v) is 5.47. The molecule has 0 saturated carbocycles. The van der Waals surface area contributed by atoms with E-state index in [1.54, 1.807) is 0 Å². The van der Waals surface area contributed by atoms with E-state index in [-0.39, 0.29) is 11.9 Å². The molecule has 2 N–H and O–H groups in total. The van der Waals surface area contributed by atoms with E-state index in [9.17, 15) is 4.79 Å². The number of aryl methyl sites for hydroxylation is 1. The highest BCUT2D eigenvalue weighted by molar-refractivity contribution is 6.30. The molecule has 5 heteroatoms. The average molecular weight is 373 g/mol. The van der Waals surface area contributed by atoms with Crippen LogP contribution in [-0.2, 0) is 11.3 Å². The minimum absolute atomic E-state index is 0.0404. The lowest BCUT2D eigenvalue weighted by molar-refractivity contribution is -0.914. The summed E-state index contributed by atoms with van der Waals surface area (Å²) >= 11 is 6.16. The van der Waals surface area contributed by atoms with Crippen molar-refractivity contribution < 1.29 is 9.69 Å². The summed E-state index contributed by atoms with van der Waals surface area (Å²) in [6.07, 6.45) is 0. The summed E-state index contributed by atoms with van der Waals surface area (Å²) in [4.78, 5) is 16.2. The quantitative estimate of drug-likeness (QED) is 0.843. The van der Waals surface area contributed by atoms with Gasteiger partial charge in [-0.3, -0.25) is 4.79 Å². The molecule has 3 rings (SSSR count). The highest BCUT2D eigenvalue weighted by Gasteiger charge is 2.29. The zero-order chi connectivity index (χ0) is 18.5. The highest BCUT2D eigenvalue weighted by Crippen LogP contribution is 2.24. The molecule has 0 aromatic heterocycles. The Labute approximate surface area is 160 Å². The molecule has 0 unspecified atom stereocenters. The van der Waals surface area contributed by atoms with E-state index < -0.39 is 0 Å². The second-order valence-electron chi connectivity index (χ2n) is 7.00. The Morgan fingerprint density at radius 2 is 1.88 bits per heavy atom. The first kappa shape index (κ1) is 18.7. The maximum absolute atomic E-state index is 12.5. The zero-order valence-corrected chi connectivity index (χ0v) is 16.2. The fourth-order valence-corrected chi connectivity index (χ4v) is 3.68. The maximum atomic E-state index is 12.5.